The average molecular weight is 436 g/mol. The van der Waals surface area contributed by atoms with Crippen molar-refractivity contribution in [3.05, 3.63) is 66.5 Å². The zero-order valence-electron chi connectivity index (χ0n) is 18.8. The number of esters is 1. The van der Waals surface area contributed by atoms with Gasteiger partial charge in [0.05, 0.1) is 18.3 Å². The summed E-state index contributed by atoms with van der Waals surface area (Å²) in [5.74, 6) is -0.121. The maximum absolute atomic E-state index is 13.1. The van der Waals surface area contributed by atoms with E-state index in [-0.39, 0.29) is 12.5 Å². The number of ether oxygens (including phenoxy) is 1. The molecule has 0 spiro atoms. The van der Waals surface area contributed by atoms with Gasteiger partial charge in [-0.2, -0.15) is 5.10 Å². The van der Waals surface area contributed by atoms with Gasteiger partial charge in [-0.25, -0.2) is 0 Å². The molecule has 2 aromatic heterocycles. The van der Waals surface area contributed by atoms with E-state index in [4.69, 9.17) is 4.74 Å². The van der Waals surface area contributed by atoms with Gasteiger partial charge in [0, 0.05) is 31.1 Å². The fourth-order valence-corrected chi connectivity index (χ4v) is 3.15. The van der Waals surface area contributed by atoms with E-state index in [1.807, 2.05) is 63.2 Å². The second-order valence-electron chi connectivity index (χ2n) is 8.47. The maximum Gasteiger partial charge on any atom is 0.320 e. The normalized spacial score (nSPS) is 12.2. The van der Waals surface area contributed by atoms with Crippen LogP contribution in [0.5, 0.6) is 0 Å². The van der Waals surface area contributed by atoms with Gasteiger partial charge >= 0.3 is 5.97 Å². The number of hydrogen-bond donors (Lipinski definition) is 2. The Kier molecular flexibility index (Phi) is 7.37. The van der Waals surface area contributed by atoms with E-state index >= 15 is 0 Å². The van der Waals surface area contributed by atoms with Crippen LogP contribution in [0.1, 0.15) is 26.3 Å². The van der Waals surface area contributed by atoms with E-state index in [9.17, 15) is 9.59 Å². The fraction of sp³-hybridized carbons (Fsp3) is 0.333. The molecule has 1 aromatic carbocycles. The number of aromatic nitrogens is 3. The second kappa shape index (κ2) is 10.2. The Morgan fingerprint density at radius 3 is 2.44 bits per heavy atom. The fourth-order valence-electron chi connectivity index (χ4n) is 3.15. The number of aryl methyl sites for hydroxylation is 1. The molecule has 1 atom stereocenters. The van der Waals surface area contributed by atoms with Crippen molar-refractivity contribution in [2.75, 3.05) is 11.9 Å². The van der Waals surface area contributed by atoms with Crippen LogP contribution in [0.25, 0.3) is 11.3 Å². The van der Waals surface area contributed by atoms with Crippen molar-refractivity contribution in [2.24, 2.45) is 7.05 Å². The number of anilines is 1. The van der Waals surface area contributed by atoms with Crippen LogP contribution in [-0.2, 0) is 27.8 Å². The number of rotatable bonds is 8. The van der Waals surface area contributed by atoms with E-state index in [0.29, 0.717) is 12.2 Å². The van der Waals surface area contributed by atoms with Gasteiger partial charge in [-0.05, 0) is 44.9 Å². The molecule has 3 rings (SSSR count). The van der Waals surface area contributed by atoms with E-state index < -0.39 is 17.6 Å². The molecule has 0 aliphatic rings. The number of carbonyl (C=O) groups is 2. The summed E-state index contributed by atoms with van der Waals surface area (Å²) in [6, 6.07) is 14.5. The molecule has 1 amide bonds. The molecule has 32 heavy (non-hydrogen) atoms. The molecule has 0 bridgehead atoms. The zero-order chi connectivity index (χ0) is 23.1. The van der Waals surface area contributed by atoms with E-state index in [1.165, 1.54) is 0 Å². The summed E-state index contributed by atoms with van der Waals surface area (Å²) in [5, 5.41) is 10.4. The van der Waals surface area contributed by atoms with Gasteiger partial charge in [0.1, 0.15) is 11.4 Å². The molecule has 0 fully saturated rings. The summed E-state index contributed by atoms with van der Waals surface area (Å²) in [4.78, 5) is 29.3. The summed E-state index contributed by atoms with van der Waals surface area (Å²) in [6.45, 7) is 5.35. The molecule has 0 saturated heterocycles. The Bertz CT molecular complexity index is 1040. The molecule has 2 N–H and O–H groups in total. The summed E-state index contributed by atoms with van der Waals surface area (Å²) in [6.07, 6.45) is 3.81. The molecule has 168 valence electrons. The highest BCUT2D eigenvalue weighted by Gasteiger charge is 2.23. The smallest absolute Gasteiger partial charge is 0.320 e. The molecular weight excluding hydrogens is 406 g/mol. The van der Waals surface area contributed by atoms with Crippen LogP contribution >= 0.6 is 0 Å². The lowest BCUT2D eigenvalue weighted by molar-refractivity contribution is -0.153. The SMILES string of the molecule is Cn1nc(-c2ccncc2)cc1NC(=O)C(Cc1ccccc1)NCC(=O)OC(C)(C)C. The highest BCUT2D eigenvalue weighted by molar-refractivity contribution is 5.95. The number of nitrogens with zero attached hydrogens (tertiary/aromatic N) is 3. The minimum absolute atomic E-state index is 0.0736. The van der Waals surface area contributed by atoms with Crippen LogP contribution in [0.2, 0.25) is 0 Å². The molecule has 8 nitrogen and oxygen atoms in total. The van der Waals surface area contributed by atoms with Crippen molar-refractivity contribution >= 4 is 17.7 Å². The molecule has 1 unspecified atom stereocenters. The van der Waals surface area contributed by atoms with Crippen LogP contribution < -0.4 is 10.6 Å². The van der Waals surface area contributed by atoms with Crippen molar-refractivity contribution in [2.45, 2.75) is 38.8 Å². The Labute approximate surface area is 188 Å². The van der Waals surface area contributed by atoms with Crippen molar-refractivity contribution in [1.29, 1.82) is 0 Å². The van der Waals surface area contributed by atoms with E-state index in [2.05, 4.69) is 20.7 Å². The van der Waals surface area contributed by atoms with Gasteiger partial charge in [-0.3, -0.25) is 24.6 Å². The Balaban J connectivity index is 1.73. The van der Waals surface area contributed by atoms with Crippen LogP contribution in [0.15, 0.2) is 60.9 Å². The quantitative estimate of drug-likeness (QED) is 0.528. The van der Waals surface area contributed by atoms with Crippen molar-refractivity contribution in [3.63, 3.8) is 0 Å². The topological polar surface area (TPSA) is 98.1 Å². The molecule has 2 heterocycles. The monoisotopic (exact) mass is 435 g/mol. The highest BCUT2D eigenvalue weighted by atomic mass is 16.6. The van der Waals surface area contributed by atoms with Crippen molar-refractivity contribution in [1.82, 2.24) is 20.1 Å². The molecular formula is C24H29N5O3. The lowest BCUT2D eigenvalue weighted by Gasteiger charge is -2.22. The van der Waals surface area contributed by atoms with Crippen LogP contribution in [0.4, 0.5) is 5.82 Å². The van der Waals surface area contributed by atoms with Crippen LogP contribution in [0.3, 0.4) is 0 Å². The third-order valence-corrected chi connectivity index (χ3v) is 4.62. The largest absolute Gasteiger partial charge is 0.459 e. The lowest BCUT2D eigenvalue weighted by Crippen LogP contribution is -2.45. The van der Waals surface area contributed by atoms with Gasteiger partial charge in [0.25, 0.3) is 0 Å². The van der Waals surface area contributed by atoms with Gasteiger partial charge in [0.15, 0.2) is 0 Å². The van der Waals surface area contributed by atoms with Gasteiger partial charge in [-0.1, -0.05) is 30.3 Å². The highest BCUT2D eigenvalue weighted by Crippen LogP contribution is 2.20. The first-order valence-electron chi connectivity index (χ1n) is 10.5. The Morgan fingerprint density at radius 2 is 1.78 bits per heavy atom. The van der Waals surface area contributed by atoms with Crippen LogP contribution in [-0.4, -0.2) is 44.8 Å². The number of carbonyl (C=O) groups excluding carboxylic acids is 2. The predicted octanol–water partition coefficient (Wildman–Crippen LogP) is 2.96. The standard InChI is InChI=1S/C24H29N5O3/c1-24(2,3)32-22(30)16-26-20(14-17-8-6-5-7-9-17)23(31)27-21-15-19(28-29(21)4)18-10-12-25-13-11-18/h5-13,15,20,26H,14,16H2,1-4H3,(H,27,31). The van der Waals surface area contributed by atoms with E-state index in [1.54, 1.807) is 30.2 Å². The van der Waals surface area contributed by atoms with Crippen molar-refractivity contribution in [3.8, 4) is 11.3 Å². The Morgan fingerprint density at radius 1 is 1.09 bits per heavy atom. The van der Waals surface area contributed by atoms with Gasteiger partial charge in [0.2, 0.25) is 5.91 Å². The molecule has 3 aromatic rings. The number of nitrogens with one attached hydrogen (secondary N) is 2. The van der Waals surface area contributed by atoms with Crippen molar-refractivity contribution < 1.29 is 14.3 Å². The summed E-state index contributed by atoms with van der Waals surface area (Å²) < 4.78 is 6.97. The number of amides is 1. The summed E-state index contributed by atoms with van der Waals surface area (Å²) in [5.41, 5.74) is 2.02. The van der Waals surface area contributed by atoms with Crippen LogP contribution in [0, 0.1) is 0 Å². The third kappa shape index (κ3) is 6.75. The van der Waals surface area contributed by atoms with Gasteiger partial charge < -0.3 is 10.1 Å². The van der Waals surface area contributed by atoms with Gasteiger partial charge in [-0.15, -0.1) is 0 Å². The van der Waals surface area contributed by atoms with E-state index in [0.717, 1.165) is 16.8 Å². The summed E-state index contributed by atoms with van der Waals surface area (Å²) >= 11 is 0. The number of pyridine rings is 1. The number of hydrogen-bond acceptors (Lipinski definition) is 6. The Hall–Kier alpha value is -3.52. The molecule has 0 saturated carbocycles. The average Bonchev–Trinajstić information content (AvgIpc) is 3.11. The zero-order valence-corrected chi connectivity index (χ0v) is 18.8. The second-order valence-corrected chi connectivity index (χ2v) is 8.47. The predicted molar refractivity (Wildman–Crippen MR) is 123 cm³/mol. The summed E-state index contributed by atoms with van der Waals surface area (Å²) in [7, 11) is 1.76. The molecule has 0 aliphatic carbocycles. The first kappa shape index (κ1) is 23.1. The minimum atomic E-state index is -0.635. The third-order valence-electron chi connectivity index (χ3n) is 4.62. The minimum Gasteiger partial charge on any atom is -0.459 e. The number of benzene rings is 1. The molecule has 0 radical (unpaired) electrons. The first-order chi connectivity index (χ1) is 15.2. The molecule has 0 aliphatic heterocycles. The first-order valence-corrected chi connectivity index (χ1v) is 10.5. The lowest BCUT2D eigenvalue weighted by atomic mass is 10.1. The molecule has 8 heteroatoms. The maximum atomic E-state index is 13.1.